The first kappa shape index (κ1) is 22.3. The minimum Gasteiger partial charge on any atom is -0.503 e. The first-order valence-electron chi connectivity index (χ1n) is 10.1. The molecule has 1 atom stereocenters. The van der Waals surface area contributed by atoms with Gasteiger partial charge in [0.2, 0.25) is 5.78 Å². The normalized spacial score (nSPS) is 15.7. The number of esters is 1. The summed E-state index contributed by atoms with van der Waals surface area (Å²) in [6.07, 6.45) is 0. The Morgan fingerprint density at radius 2 is 1.70 bits per heavy atom. The van der Waals surface area contributed by atoms with Gasteiger partial charge < -0.3 is 14.7 Å². The van der Waals surface area contributed by atoms with E-state index in [0.717, 1.165) is 5.69 Å². The molecule has 0 fully saturated rings. The van der Waals surface area contributed by atoms with Gasteiger partial charge in [0.1, 0.15) is 0 Å². The van der Waals surface area contributed by atoms with Crippen LogP contribution < -0.4 is 9.80 Å². The van der Waals surface area contributed by atoms with Gasteiger partial charge in [-0.15, -0.1) is 11.3 Å². The summed E-state index contributed by atoms with van der Waals surface area (Å²) >= 11 is 1.25. The van der Waals surface area contributed by atoms with Crippen LogP contribution in [0, 0.1) is 0 Å². The molecule has 1 aromatic heterocycles. The fourth-order valence-corrected chi connectivity index (χ4v) is 4.47. The SMILES string of the molecule is COC(=O)c1ccc(N2C(=O)C(O)=C(C(=O)c3cccs3)C2c2ccc(N(C)C)cc2)cc1. The average Bonchev–Trinajstić information content (AvgIpc) is 3.46. The number of carbonyl (C=O) groups is 3. The largest absolute Gasteiger partial charge is 0.503 e. The predicted octanol–water partition coefficient (Wildman–Crippen LogP) is 4.38. The average molecular weight is 463 g/mol. The molecule has 8 heteroatoms. The van der Waals surface area contributed by atoms with Crippen molar-refractivity contribution in [3.8, 4) is 0 Å². The maximum Gasteiger partial charge on any atom is 0.337 e. The second-order valence-electron chi connectivity index (χ2n) is 7.67. The summed E-state index contributed by atoms with van der Waals surface area (Å²) < 4.78 is 4.74. The first-order chi connectivity index (χ1) is 15.8. The van der Waals surface area contributed by atoms with E-state index in [1.807, 2.05) is 43.3 Å². The molecule has 0 bridgehead atoms. The summed E-state index contributed by atoms with van der Waals surface area (Å²) in [5.74, 6) is -2.15. The van der Waals surface area contributed by atoms with Gasteiger partial charge in [0.15, 0.2) is 5.76 Å². The summed E-state index contributed by atoms with van der Waals surface area (Å²) in [5, 5.41) is 12.6. The molecule has 2 aromatic carbocycles. The molecule has 0 radical (unpaired) electrons. The maximum absolute atomic E-state index is 13.3. The van der Waals surface area contributed by atoms with Crippen LogP contribution in [0.4, 0.5) is 11.4 Å². The topological polar surface area (TPSA) is 87.1 Å². The van der Waals surface area contributed by atoms with Crippen molar-refractivity contribution in [2.24, 2.45) is 0 Å². The number of thiophene rings is 1. The van der Waals surface area contributed by atoms with Crippen molar-refractivity contribution in [2.45, 2.75) is 6.04 Å². The van der Waals surface area contributed by atoms with Crippen molar-refractivity contribution in [3.63, 3.8) is 0 Å². The minimum atomic E-state index is -0.827. The third-order valence-electron chi connectivity index (χ3n) is 5.49. The molecule has 1 N–H and O–H groups in total. The molecule has 1 aliphatic rings. The highest BCUT2D eigenvalue weighted by Gasteiger charge is 2.44. The second-order valence-corrected chi connectivity index (χ2v) is 8.62. The Bertz CT molecular complexity index is 1230. The van der Waals surface area contributed by atoms with Crippen LogP contribution in [0.3, 0.4) is 0 Å². The standard InChI is InChI=1S/C25H22N2O5S/c1-26(2)17-10-6-15(7-11-17)21-20(22(28)19-5-4-14-33-19)23(29)24(30)27(21)18-12-8-16(9-13-18)25(31)32-3/h4-14,21,29H,1-3H3. The molecule has 33 heavy (non-hydrogen) atoms. The molecular weight excluding hydrogens is 440 g/mol. The van der Waals surface area contributed by atoms with Crippen LogP contribution >= 0.6 is 11.3 Å². The number of benzene rings is 2. The van der Waals surface area contributed by atoms with Crippen molar-refractivity contribution in [2.75, 3.05) is 31.0 Å². The van der Waals surface area contributed by atoms with Crippen LogP contribution in [0.1, 0.15) is 31.6 Å². The van der Waals surface area contributed by atoms with Crippen molar-refractivity contribution >= 4 is 40.4 Å². The lowest BCUT2D eigenvalue weighted by Crippen LogP contribution is -2.31. The summed E-state index contributed by atoms with van der Waals surface area (Å²) in [7, 11) is 5.12. The number of hydrogen-bond acceptors (Lipinski definition) is 7. The van der Waals surface area contributed by atoms with E-state index in [1.54, 1.807) is 29.6 Å². The Morgan fingerprint density at radius 3 is 2.24 bits per heavy atom. The maximum atomic E-state index is 13.3. The monoisotopic (exact) mass is 462 g/mol. The second kappa shape index (κ2) is 8.91. The molecule has 168 valence electrons. The van der Waals surface area contributed by atoms with E-state index in [2.05, 4.69) is 0 Å². The number of anilines is 2. The van der Waals surface area contributed by atoms with Gasteiger partial charge in [-0.05, 0) is 53.4 Å². The molecule has 7 nitrogen and oxygen atoms in total. The van der Waals surface area contributed by atoms with Gasteiger partial charge in [0.05, 0.1) is 29.2 Å². The van der Waals surface area contributed by atoms with E-state index >= 15 is 0 Å². The van der Waals surface area contributed by atoms with Crippen LogP contribution in [0.2, 0.25) is 0 Å². The van der Waals surface area contributed by atoms with Gasteiger partial charge in [-0.2, -0.15) is 0 Å². The fraction of sp³-hybridized carbons (Fsp3) is 0.160. The number of nitrogens with zero attached hydrogens (tertiary/aromatic N) is 2. The zero-order valence-corrected chi connectivity index (χ0v) is 19.1. The highest BCUT2D eigenvalue weighted by molar-refractivity contribution is 7.12. The third-order valence-corrected chi connectivity index (χ3v) is 6.36. The Balaban J connectivity index is 1.82. The minimum absolute atomic E-state index is 0.0251. The summed E-state index contributed by atoms with van der Waals surface area (Å²) in [6, 6.07) is 16.3. The molecule has 2 heterocycles. The van der Waals surface area contributed by atoms with Crippen molar-refractivity contribution < 1.29 is 24.2 Å². The zero-order chi connectivity index (χ0) is 23.7. The van der Waals surface area contributed by atoms with Gasteiger partial charge in [-0.1, -0.05) is 18.2 Å². The van der Waals surface area contributed by atoms with Gasteiger partial charge in [0.25, 0.3) is 5.91 Å². The number of aliphatic hydroxyl groups excluding tert-OH is 1. The lowest BCUT2D eigenvalue weighted by atomic mass is 9.95. The Morgan fingerprint density at radius 1 is 1.03 bits per heavy atom. The quantitative estimate of drug-likeness (QED) is 0.432. The van der Waals surface area contributed by atoms with Crippen LogP contribution in [-0.4, -0.2) is 44.0 Å². The van der Waals surface area contributed by atoms with Crippen molar-refractivity contribution in [1.29, 1.82) is 0 Å². The zero-order valence-electron chi connectivity index (χ0n) is 18.3. The molecule has 0 spiro atoms. The number of methoxy groups -OCH3 is 1. The van der Waals surface area contributed by atoms with Gasteiger partial charge >= 0.3 is 5.97 Å². The Labute approximate surface area is 195 Å². The Kier molecular flexibility index (Phi) is 6.02. The lowest BCUT2D eigenvalue weighted by molar-refractivity contribution is -0.117. The van der Waals surface area contributed by atoms with Crippen LogP contribution in [0.5, 0.6) is 0 Å². The number of carbonyl (C=O) groups excluding carboxylic acids is 3. The molecule has 0 aliphatic carbocycles. The van der Waals surface area contributed by atoms with E-state index in [1.165, 1.54) is 35.5 Å². The lowest BCUT2D eigenvalue weighted by Gasteiger charge is -2.27. The van der Waals surface area contributed by atoms with Crippen LogP contribution in [0.15, 0.2) is 77.4 Å². The molecule has 1 aliphatic heterocycles. The van der Waals surface area contributed by atoms with Crippen LogP contribution in [0.25, 0.3) is 0 Å². The predicted molar refractivity (Wildman–Crippen MR) is 127 cm³/mol. The molecule has 3 aromatic rings. The molecule has 0 saturated heterocycles. The highest BCUT2D eigenvalue weighted by atomic mass is 32.1. The van der Waals surface area contributed by atoms with E-state index in [4.69, 9.17) is 4.74 Å². The molecule has 0 saturated carbocycles. The molecular formula is C25H22N2O5S. The van der Waals surface area contributed by atoms with Crippen LogP contribution in [-0.2, 0) is 9.53 Å². The smallest absolute Gasteiger partial charge is 0.337 e. The Hall–Kier alpha value is -3.91. The summed E-state index contributed by atoms with van der Waals surface area (Å²) in [6.45, 7) is 0. The summed E-state index contributed by atoms with van der Waals surface area (Å²) in [5.41, 5.74) is 2.42. The number of rotatable bonds is 6. The van der Waals surface area contributed by atoms with Crippen molar-refractivity contribution in [3.05, 3.63) is 93.4 Å². The van der Waals surface area contributed by atoms with E-state index in [0.29, 0.717) is 21.7 Å². The number of ketones is 1. The van der Waals surface area contributed by atoms with E-state index < -0.39 is 29.5 Å². The summed E-state index contributed by atoms with van der Waals surface area (Å²) in [4.78, 5) is 42.1. The highest BCUT2D eigenvalue weighted by Crippen LogP contribution is 2.42. The number of ether oxygens (including phenoxy) is 1. The number of aliphatic hydroxyl groups is 1. The molecule has 4 rings (SSSR count). The number of amides is 1. The van der Waals surface area contributed by atoms with Gasteiger partial charge in [-0.25, -0.2) is 4.79 Å². The van der Waals surface area contributed by atoms with Crippen molar-refractivity contribution in [1.82, 2.24) is 0 Å². The number of hydrogen-bond donors (Lipinski definition) is 1. The van der Waals surface area contributed by atoms with Gasteiger partial charge in [0, 0.05) is 25.5 Å². The fourth-order valence-electron chi connectivity index (χ4n) is 3.79. The number of Topliss-reactive ketones (excluding diaryl/α,β-unsaturated/α-hetero) is 1. The van der Waals surface area contributed by atoms with Gasteiger partial charge in [-0.3, -0.25) is 14.5 Å². The molecule has 1 amide bonds. The molecule has 1 unspecified atom stereocenters. The first-order valence-corrected chi connectivity index (χ1v) is 11.0. The van der Waals surface area contributed by atoms with E-state index in [9.17, 15) is 19.5 Å². The third kappa shape index (κ3) is 4.01. The van der Waals surface area contributed by atoms with E-state index in [-0.39, 0.29) is 5.57 Å².